The summed E-state index contributed by atoms with van der Waals surface area (Å²) < 4.78 is 42.7. The van der Waals surface area contributed by atoms with Gasteiger partial charge in [-0.3, -0.25) is 4.79 Å². The molecule has 0 saturated carbocycles. The molecule has 0 bridgehead atoms. The van der Waals surface area contributed by atoms with E-state index in [2.05, 4.69) is 17.2 Å². The zero-order chi connectivity index (χ0) is 20.7. The molecule has 28 heavy (non-hydrogen) atoms. The minimum Gasteiger partial charge on any atom is -0.485 e. The van der Waals surface area contributed by atoms with Gasteiger partial charge in [0.05, 0.1) is 13.0 Å². The van der Waals surface area contributed by atoms with E-state index < -0.39 is 24.9 Å². The first-order valence-corrected chi connectivity index (χ1v) is 9.56. The summed E-state index contributed by atoms with van der Waals surface area (Å²) in [6, 6.07) is 2.12. The van der Waals surface area contributed by atoms with Gasteiger partial charge in [-0.2, -0.15) is 13.2 Å². The summed E-state index contributed by atoms with van der Waals surface area (Å²) in [5, 5.41) is 3.35. The Bertz CT molecular complexity index is 697. The number of halogens is 4. The third kappa shape index (κ3) is 7.31. The van der Waals surface area contributed by atoms with Gasteiger partial charge in [-0.25, -0.2) is 4.98 Å². The topological polar surface area (TPSA) is 54.5 Å². The summed E-state index contributed by atoms with van der Waals surface area (Å²) >= 11 is 6.10. The second-order valence-corrected chi connectivity index (χ2v) is 7.23. The highest BCUT2D eigenvalue weighted by Crippen LogP contribution is 2.28. The Hall–Kier alpha value is -1.80. The molecular formula is C19H25ClF3N3O2. The molecule has 5 nitrogen and oxygen atoms in total. The predicted octanol–water partition coefficient (Wildman–Crippen LogP) is 4.07. The number of aromatic nitrogens is 1. The molecule has 0 aliphatic carbocycles. The third-order valence-electron chi connectivity index (χ3n) is 4.53. The van der Waals surface area contributed by atoms with Crippen molar-refractivity contribution in [3.8, 4) is 5.75 Å². The van der Waals surface area contributed by atoms with Crippen molar-refractivity contribution in [2.24, 2.45) is 0 Å². The average Bonchev–Trinajstić information content (AvgIpc) is 3.10. The summed E-state index contributed by atoms with van der Waals surface area (Å²) in [5.41, 5.74) is 0.832. The first kappa shape index (κ1) is 22.5. The molecule has 1 aromatic rings. The van der Waals surface area contributed by atoms with Gasteiger partial charge in [0.15, 0.2) is 10.9 Å². The van der Waals surface area contributed by atoms with E-state index in [9.17, 15) is 18.0 Å². The molecule has 1 saturated heterocycles. The van der Waals surface area contributed by atoms with Crippen LogP contribution in [0.2, 0.25) is 5.15 Å². The number of pyridine rings is 1. The van der Waals surface area contributed by atoms with Crippen LogP contribution in [0.25, 0.3) is 6.08 Å². The van der Waals surface area contributed by atoms with Gasteiger partial charge in [-0.05, 0) is 32.0 Å². The fourth-order valence-electron chi connectivity index (χ4n) is 2.78. The lowest BCUT2D eigenvalue weighted by molar-refractivity contribution is -0.148. The van der Waals surface area contributed by atoms with E-state index in [1.54, 1.807) is 12.3 Å². The zero-order valence-electron chi connectivity index (χ0n) is 15.9. The van der Waals surface area contributed by atoms with Crippen LogP contribution in [0.5, 0.6) is 5.75 Å². The van der Waals surface area contributed by atoms with Crippen molar-refractivity contribution in [1.29, 1.82) is 0 Å². The molecule has 1 aromatic heterocycles. The molecule has 0 aromatic carbocycles. The quantitative estimate of drug-likeness (QED) is 0.645. The summed E-state index contributed by atoms with van der Waals surface area (Å²) in [5.74, 6) is -0.108. The number of carbonyl (C=O) groups is 1. The van der Waals surface area contributed by atoms with Crippen LogP contribution in [0.15, 0.2) is 18.3 Å². The summed E-state index contributed by atoms with van der Waals surface area (Å²) in [6.45, 7) is 2.68. The van der Waals surface area contributed by atoms with Crippen molar-refractivity contribution >= 4 is 23.6 Å². The largest absolute Gasteiger partial charge is 0.485 e. The van der Waals surface area contributed by atoms with Gasteiger partial charge in [-0.15, -0.1) is 0 Å². The number of alkyl halides is 3. The second-order valence-electron chi connectivity index (χ2n) is 6.87. The minimum absolute atomic E-state index is 0.211. The van der Waals surface area contributed by atoms with Crippen LogP contribution in [-0.4, -0.2) is 54.3 Å². The van der Waals surface area contributed by atoms with E-state index in [4.69, 9.17) is 16.3 Å². The number of rotatable bonds is 8. The Morgan fingerprint density at radius 2 is 2.29 bits per heavy atom. The number of ether oxygens (including phenoxy) is 1. The molecular weight excluding hydrogens is 395 g/mol. The van der Waals surface area contributed by atoms with Crippen LogP contribution >= 0.6 is 11.6 Å². The Morgan fingerprint density at radius 3 is 2.96 bits per heavy atom. The molecule has 0 radical (unpaired) electrons. The highest BCUT2D eigenvalue weighted by atomic mass is 35.5. The van der Waals surface area contributed by atoms with E-state index in [1.165, 1.54) is 4.90 Å². The maximum atomic E-state index is 12.3. The molecule has 1 aliphatic heterocycles. The summed E-state index contributed by atoms with van der Waals surface area (Å²) in [4.78, 5) is 17.4. The number of hydrogen-bond donors (Lipinski definition) is 1. The van der Waals surface area contributed by atoms with E-state index in [0.29, 0.717) is 24.8 Å². The monoisotopic (exact) mass is 419 g/mol. The Morgan fingerprint density at radius 1 is 1.54 bits per heavy atom. The van der Waals surface area contributed by atoms with Gasteiger partial charge in [0, 0.05) is 31.6 Å². The van der Waals surface area contributed by atoms with Gasteiger partial charge in [0.25, 0.3) is 0 Å². The maximum absolute atomic E-state index is 12.3. The van der Waals surface area contributed by atoms with Crippen LogP contribution < -0.4 is 10.1 Å². The average molecular weight is 420 g/mol. The lowest BCUT2D eigenvalue weighted by Gasteiger charge is -2.18. The Balaban J connectivity index is 1.91. The van der Waals surface area contributed by atoms with Crippen LogP contribution in [-0.2, 0) is 4.79 Å². The number of likely N-dealkylation sites (tertiary alicyclic amines) is 1. The van der Waals surface area contributed by atoms with Crippen molar-refractivity contribution in [1.82, 2.24) is 15.2 Å². The smallest absolute Gasteiger partial charge is 0.389 e. The van der Waals surface area contributed by atoms with E-state index in [1.807, 2.05) is 19.2 Å². The minimum atomic E-state index is -4.33. The van der Waals surface area contributed by atoms with Gasteiger partial charge >= 0.3 is 6.18 Å². The molecule has 2 rings (SSSR count). The standard InChI is InChI=1S/C19H25ClF3N3O2/c1-13(24-2)4-3-5-14-10-16(18(20)25-11-14)28-15-7-9-26(12-15)17(27)6-8-19(21,22)23/h3,5,10-11,13,15,24H,4,6-9,12H2,1-2H3/b5-3+. The Kier molecular flexibility index (Phi) is 8.12. The fraction of sp³-hybridized carbons (Fsp3) is 0.579. The summed E-state index contributed by atoms with van der Waals surface area (Å²) in [7, 11) is 1.90. The molecule has 1 aliphatic rings. The second kappa shape index (κ2) is 10.1. The summed E-state index contributed by atoms with van der Waals surface area (Å²) in [6.07, 6.45) is 0.672. The lowest BCUT2D eigenvalue weighted by atomic mass is 10.2. The van der Waals surface area contributed by atoms with E-state index >= 15 is 0 Å². The van der Waals surface area contributed by atoms with Gasteiger partial charge in [0.1, 0.15) is 6.10 Å². The van der Waals surface area contributed by atoms with Gasteiger partial charge < -0.3 is 15.0 Å². The highest BCUT2D eigenvalue weighted by molar-refractivity contribution is 6.30. The number of nitrogens with one attached hydrogen (secondary N) is 1. The number of carbonyl (C=O) groups excluding carboxylic acids is 1. The van der Waals surface area contributed by atoms with Crippen molar-refractivity contribution in [2.75, 3.05) is 20.1 Å². The van der Waals surface area contributed by atoms with Crippen LogP contribution in [0.3, 0.4) is 0 Å². The molecule has 2 heterocycles. The molecule has 1 amide bonds. The van der Waals surface area contributed by atoms with Crippen LogP contribution in [0.1, 0.15) is 38.2 Å². The highest BCUT2D eigenvalue weighted by Gasteiger charge is 2.32. The lowest BCUT2D eigenvalue weighted by Crippen LogP contribution is -2.31. The number of nitrogens with zero attached hydrogens (tertiary/aromatic N) is 2. The van der Waals surface area contributed by atoms with E-state index in [0.717, 1.165) is 12.0 Å². The molecule has 2 unspecified atom stereocenters. The predicted molar refractivity (Wildman–Crippen MR) is 102 cm³/mol. The SMILES string of the molecule is CNC(C)C/C=C/c1cnc(Cl)c(OC2CCN(C(=O)CCC(F)(F)F)C2)c1. The molecule has 1 fully saturated rings. The van der Waals surface area contributed by atoms with Gasteiger partial charge in [-0.1, -0.05) is 23.8 Å². The number of hydrogen-bond acceptors (Lipinski definition) is 4. The normalized spacial score (nSPS) is 18.6. The van der Waals surface area contributed by atoms with Crippen LogP contribution in [0, 0.1) is 0 Å². The molecule has 0 spiro atoms. The van der Waals surface area contributed by atoms with Crippen LogP contribution in [0.4, 0.5) is 13.2 Å². The molecule has 2 atom stereocenters. The first-order chi connectivity index (χ1) is 13.2. The Labute approximate surface area is 167 Å². The van der Waals surface area contributed by atoms with Crippen molar-refractivity contribution in [3.05, 3.63) is 29.1 Å². The first-order valence-electron chi connectivity index (χ1n) is 9.18. The van der Waals surface area contributed by atoms with Crippen molar-refractivity contribution in [2.45, 2.75) is 50.9 Å². The van der Waals surface area contributed by atoms with Crippen molar-refractivity contribution < 1.29 is 22.7 Å². The number of amides is 1. The fourth-order valence-corrected chi connectivity index (χ4v) is 2.93. The third-order valence-corrected chi connectivity index (χ3v) is 4.82. The maximum Gasteiger partial charge on any atom is 0.389 e. The van der Waals surface area contributed by atoms with E-state index in [-0.39, 0.29) is 17.8 Å². The zero-order valence-corrected chi connectivity index (χ0v) is 16.7. The van der Waals surface area contributed by atoms with Gasteiger partial charge in [0.2, 0.25) is 5.91 Å². The molecule has 1 N–H and O–H groups in total. The van der Waals surface area contributed by atoms with Crippen molar-refractivity contribution in [3.63, 3.8) is 0 Å². The molecule has 9 heteroatoms. The molecule has 156 valence electrons.